The molecule has 4 aromatic carbocycles. The van der Waals surface area contributed by atoms with E-state index >= 15 is 0 Å². The molecule has 4 rings (SSSR count). The molecule has 0 aliphatic carbocycles. The fourth-order valence-electron chi connectivity index (χ4n) is 4.54. The molecule has 0 aliphatic heterocycles. The molecule has 0 radical (unpaired) electrons. The Hall–Kier alpha value is -4.41. The van der Waals surface area contributed by atoms with Crippen LogP contribution in [0.15, 0.2) is 84.9 Å². The van der Waals surface area contributed by atoms with Gasteiger partial charge in [-0.25, -0.2) is 22.0 Å². The van der Waals surface area contributed by atoms with Crippen LogP contribution in [0.25, 0.3) is 11.7 Å². The number of rotatable bonds is 14. The van der Waals surface area contributed by atoms with Gasteiger partial charge in [-0.2, -0.15) is 17.6 Å². The first-order valence-corrected chi connectivity index (χ1v) is 14.4. The molecule has 11 heteroatoms. The van der Waals surface area contributed by atoms with Crippen LogP contribution in [0.4, 0.5) is 39.5 Å². The van der Waals surface area contributed by atoms with Gasteiger partial charge in [-0.3, -0.25) is 0 Å². The van der Waals surface area contributed by atoms with Gasteiger partial charge in [0.1, 0.15) is 11.5 Å². The number of aryl methyl sites for hydroxylation is 1. The maximum Gasteiger partial charge on any atom is 0.426 e. The first-order chi connectivity index (χ1) is 21.8. The van der Waals surface area contributed by atoms with Gasteiger partial charge in [-0.1, -0.05) is 56.9 Å². The van der Waals surface area contributed by atoms with E-state index in [0.717, 1.165) is 80.5 Å². The Balaban J connectivity index is 1.40. The van der Waals surface area contributed by atoms with Crippen LogP contribution in [-0.4, -0.2) is 0 Å². The number of ether oxygens (including phenoxy) is 2. The molecular weight excluding hydrogens is 623 g/mol. The lowest BCUT2D eigenvalue weighted by atomic mass is 10.0. The van der Waals surface area contributed by atoms with E-state index in [1.54, 1.807) is 12.1 Å². The standard InChI is InChI=1S/C35H29F9O2/c1-2-3-4-5-6-7-22-8-14-25(15-9-22)34(41,42)45-27-18-12-24(13-19-27)32(39)31(38)23-10-16-26(17-11-23)35(43,44)46-28-20-29(36)33(40)30(37)21-28/h8-21H,2-7H2,1H3. The van der Waals surface area contributed by atoms with Gasteiger partial charge >= 0.3 is 12.2 Å². The van der Waals surface area contributed by atoms with E-state index in [1.165, 1.54) is 12.1 Å². The first kappa shape index (κ1) is 34.5. The molecule has 0 atom stereocenters. The monoisotopic (exact) mass is 652 g/mol. The second-order valence-corrected chi connectivity index (χ2v) is 10.5. The van der Waals surface area contributed by atoms with Crippen molar-refractivity contribution >= 4 is 11.7 Å². The molecule has 0 aromatic heterocycles. The van der Waals surface area contributed by atoms with Crippen LogP contribution in [0.3, 0.4) is 0 Å². The number of benzene rings is 4. The van der Waals surface area contributed by atoms with Gasteiger partial charge in [0.15, 0.2) is 29.1 Å². The molecule has 0 aliphatic rings. The van der Waals surface area contributed by atoms with Crippen LogP contribution in [0, 0.1) is 17.5 Å². The Labute approximate surface area is 260 Å². The highest BCUT2D eigenvalue weighted by Gasteiger charge is 2.36. The average Bonchev–Trinajstić information content (AvgIpc) is 3.03. The van der Waals surface area contributed by atoms with Gasteiger partial charge < -0.3 is 9.47 Å². The Morgan fingerprint density at radius 2 is 1.00 bits per heavy atom. The van der Waals surface area contributed by atoms with Crippen LogP contribution in [0.1, 0.15) is 66.8 Å². The van der Waals surface area contributed by atoms with Crippen molar-refractivity contribution in [3.05, 3.63) is 130 Å². The van der Waals surface area contributed by atoms with E-state index in [9.17, 15) is 39.5 Å². The second-order valence-electron chi connectivity index (χ2n) is 10.5. The molecular formula is C35H29F9O2. The minimum Gasteiger partial charge on any atom is -0.429 e. The van der Waals surface area contributed by atoms with Gasteiger partial charge in [-0.15, -0.1) is 0 Å². The zero-order valence-corrected chi connectivity index (χ0v) is 24.5. The summed E-state index contributed by atoms with van der Waals surface area (Å²) in [5, 5.41) is 0. The largest absolute Gasteiger partial charge is 0.429 e. The normalized spacial score (nSPS) is 12.6. The Morgan fingerprint density at radius 3 is 1.50 bits per heavy atom. The lowest BCUT2D eigenvalue weighted by molar-refractivity contribution is -0.186. The highest BCUT2D eigenvalue weighted by Crippen LogP contribution is 2.36. The van der Waals surface area contributed by atoms with Crippen molar-refractivity contribution in [2.24, 2.45) is 0 Å². The second kappa shape index (κ2) is 14.8. The van der Waals surface area contributed by atoms with E-state index in [-0.39, 0.29) is 29.0 Å². The maximum absolute atomic E-state index is 14.9. The summed E-state index contributed by atoms with van der Waals surface area (Å²) >= 11 is 0. The smallest absolute Gasteiger partial charge is 0.426 e. The third-order valence-corrected chi connectivity index (χ3v) is 7.08. The molecule has 244 valence electrons. The van der Waals surface area contributed by atoms with Crippen molar-refractivity contribution in [3.63, 3.8) is 0 Å². The average molecular weight is 653 g/mol. The molecule has 0 unspecified atom stereocenters. The summed E-state index contributed by atoms with van der Waals surface area (Å²) in [7, 11) is 0. The van der Waals surface area contributed by atoms with Gasteiger partial charge in [0.2, 0.25) is 0 Å². The number of unbranched alkanes of at least 4 members (excludes halogenated alkanes) is 4. The number of alkyl halides is 4. The Morgan fingerprint density at radius 1 is 0.565 bits per heavy atom. The molecule has 0 saturated carbocycles. The minimum absolute atomic E-state index is 0.226. The zero-order valence-electron chi connectivity index (χ0n) is 24.5. The van der Waals surface area contributed by atoms with E-state index in [1.807, 2.05) is 0 Å². The molecule has 0 amide bonds. The predicted octanol–water partition coefficient (Wildman–Crippen LogP) is 11.6. The number of hydrogen-bond acceptors (Lipinski definition) is 2. The summed E-state index contributed by atoms with van der Waals surface area (Å²) in [6.45, 7) is 2.12. The van der Waals surface area contributed by atoms with Crippen LogP contribution in [-0.2, 0) is 18.6 Å². The molecule has 0 heterocycles. The van der Waals surface area contributed by atoms with Crippen LogP contribution < -0.4 is 9.47 Å². The summed E-state index contributed by atoms with van der Waals surface area (Å²) in [4.78, 5) is 0. The van der Waals surface area contributed by atoms with Crippen molar-refractivity contribution in [1.29, 1.82) is 0 Å². The Kier molecular flexibility index (Phi) is 11.1. The van der Waals surface area contributed by atoms with Gasteiger partial charge in [0.25, 0.3) is 0 Å². The molecule has 0 fully saturated rings. The highest BCUT2D eigenvalue weighted by atomic mass is 19.3. The molecule has 46 heavy (non-hydrogen) atoms. The van der Waals surface area contributed by atoms with E-state index in [2.05, 4.69) is 11.7 Å². The fourth-order valence-corrected chi connectivity index (χ4v) is 4.54. The van der Waals surface area contributed by atoms with Crippen molar-refractivity contribution < 1.29 is 49.0 Å². The molecule has 0 spiro atoms. The molecule has 0 bridgehead atoms. The van der Waals surface area contributed by atoms with Crippen molar-refractivity contribution in [2.75, 3.05) is 0 Å². The SMILES string of the molecule is CCCCCCCc1ccc(C(F)(F)Oc2ccc(C(F)=C(F)c3ccc(C(F)(F)Oc4cc(F)c(F)c(F)c4)cc3)cc2)cc1. The summed E-state index contributed by atoms with van der Waals surface area (Å²) in [5.41, 5.74) is -1.12. The van der Waals surface area contributed by atoms with E-state index < -0.39 is 58.2 Å². The topological polar surface area (TPSA) is 18.5 Å². The summed E-state index contributed by atoms with van der Waals surface area (Å²) in [5.74, 6) is -9.52. The zero-order chi connectivity index (χ0) is 33.5. The fraction of sp³-hybridized carbons (Fsp3) is 0.257. The minimum atomic E-state index is -4.18. The molecule has 0 N–H and O–H groups in total. The van der Waals surface area contributed by atoms with Gasteiger partial charge in [0.05, 0.1) is 11.1 Å². The first-order valence-electron chi connectivity index (χ1n) is 14.4. The summed E-state index contributed by atoms with van der Waals surface area (Å²) in [6, 6.07) is 13.3. The molecule has 0 saturated heterocycles. The summed E-state index contributed by atoms with van der Waals surface area (Å²) < 4.78 is 137. The van der Waals surface area contributed by atoms with Crippen LogP contribution in [0.5, 0.6) is 11.5 Å². The van der Waals surface area contributed by atoms with Crippen LogP contribution >= 0.6 is 0 Å². The predicted molar refractivity (Wildman–Crippen MR) is 156 cm³/mol. The van der Waals surface area contributed by atoms with Crippen molar-refractivity contribution in [2.45, 2.75) is 57.7 Å². The third kappa shape index (κ3) is 8.64. The van der Waals surface area contributed by atoms with E-state index in [4.69, 9.17) is 4.74 Å². The van der Waals surface area contributed by atoms with Gasteiger partial charge in [-0.05, 0) is 66.9 Å². The maximum atomic E-state index is 14.9. The van der Waals surface area contributed by atoms with E-state index in [0.29, 0.717) is 12.1 Å². The quantitative estimate of drug-likeness (QED) is 0.0584. The third-order valence-electron chi connectivity index (χ3n) is 7.08. The highest BCUT2D eigenvalue weighted by molar-refractivity contribution is 5.83. The van der Waals surface area contributed by atoms with Crippen LogP contribution in [0.2, 0.25) is 0 Å². The summed E-state index contributed by atoms with van der Waals surface area (Å²) in [6.07, 6.45) is -1.64. The van der Waals surface area contributed by atoms with Gasteiger partial charge in [0, 0.05) is 23.3 Å². The molecule has 2 nitrogen and oxygen atoms in total. The number of hydrogen-bond donors (Lipinski definition) is 0. The van der Waals surface area contributed by atoms with Crippen molar-refractivity contribution in [1.82, 2.24) is 0 Å². The lowest BCUT2D eigenvalue weighted by Crippen LogP contribution is -2.22. The number of halogens is 9. The Bertz CT molecular complexity index is 1610. The van der Waals surface area contributed by atoms with Crippen molar-refractivity contribution in [3.8, 4) is 11.5 Å². The molecule has 4 aromatic rings. The lowest BCUT2D eigenvalue weighted by Gasteiger charge is -2.19.